The zero-order valence-electron chi connectivity index (χ0n) is 11.4. The minimum atomic E-state index is -0.292. The summed E-state index contributed by atoms with van der Waals surface area (Å²) in [5, 5.41) is 19.1. The molecule has 1 aromatic heterocycles. The van der Waals surface area contributed by atoms with Crippen molar-refractivity contribution in [1.29, 1.82) is 0 Å². The summed E-state index contributed by atoms with van der Waals surface area (Å²) in [6, 6.07) is 5.08. The second kappa shape index (κ2) is 6.23. The minimum absolute atomic E-state index is 0.0507. The van der Waals surface area contributed by atoms with Crippen molar-refractivity contribution in [3.63, 3.8) is 0 Å². The van der Waals surface area contributed by atoms with Gasteiger partial charge in [-0.15, -0.1) is 5.10 Å². The molecule has 1 heterocycles. The van der Waals surface area contributed by atoms with Crippen LogP contribution in [-0.2, 0) is 0 Å². The van der Waals surface area contributed by atoms with Gasteiger partial charge in [0, 0.05) is 10.9 Å². The summed E-state index contributed by atoms with van der Waals surface area (Å²) in [5.41, 5.74) is 5.77. The molecule has 0 atom stereocenters. The van der Waals surface area contributed by atoms with E-state index in [1.807, 2.05) is 13.8 Å². The Balaban J connectivity index is 2.51. The molecule has 0 spiro atoms. The van der Waals surface area contributed by atoms with Crippen LogP contribution in [0.3, 0.4) is 0 Å². The average Bonchev–Trinajstić information content (AvgIpc) is 2.79. The van der Waals surface area contributed by atoms with E-state index in [0.29, 0.717) is 20.6 Å². The first-order valence-electron chi connectivity index (χ1n) is 6.06. The van der Waals surface area contributed by atoms with E-state index in [1.54, 1.807) is 18.2 Å². The zero-order valence-corrected chi connectivity index (χ0v) is 12.9. The number of nitrogens with one attached hydrogen (secondary N) is 1. The quantitative estimate of drug-likeness (QED) is 0.344. The zero-order chi connectivity index (χ0) is 15.6. The van der Waals surface area contributed by atoms with Gasteiger partial charge in [-0.25, -0.2) is 9.89 Å². The molecule has 0 aliphatic heterocycles. The van der Waals surface area contributed by atoms with Crippen molar-refractivity contribution < 1.29 is 5.21 Å². The maximum Gasteiger partial charge on any atom is 0.344 e. The summed E-state index contributed by atoms with van der Waals surface area (Å²) in [6.07, 6.45) is 0. The maximum absolute atomic E-state index is 11.7. The van der Waals surface area contributed by atoms with Gasteiger partial charge in [0.25, 0.3) is 0 Å². The summed E-state index contributed by atoms with van der Waals surface area (Å²) in [5.74, 6) is -0.0999. The smallest absolute Gasteiger partial charge is 0.344 e. The highest BCUT2D eigenvalue weighted by Gasteiger charge is 2.17. The normalized spacial score (nSPS) is 12.1. The number of halogens is 1. The molecule has 2 rings (SSSR count). The summed E-state index contributed by atoms with van der Waals surface area (Å²) in [4.78, 5) is 12.4. The van der Waals surface area contributed by atoms with Crippen LogP contribution in [0.2, 0.25) is 5.02 Å². The van der Waals surface area contributed by atoms with Gasteiger partial charge in [-0.2, -0.15) is 0 Å². The molecule has 0 amide bonds. The van der Waals surface area contributed by atoms with Crippen LogP contribution < -0.4 is 11.4 Å². The summed E-state index contributed by atoms with van der Waals surface area (Å²) in [6.45, 7) is 3.76. The predicted molar refractivity (Wildman–Crippen MR) is 81.3 cm³/mol. The van der Waals surface area contributed by atoms with Gasteiger partial charge in [0.2, 0.25) is 0 Å². The highest BCUT2D eigenvalue weighted by atomic mass is 35.5. The van der Waals surface area contributed by atoms with E-state index in [2.05, 4.69) is 15.4 Å². The van der Waals surface area contributed by atoms with Crippen molar-refractivity contribution in [3.05, 3.63) is 39.3 Å². The average molecular weight is 328 g/mol. The summed E-state index contributed by atoms with van der Waals surface area (Å²) < 4.78 is 1.52. The molecule has 21 heavy (non-hydrogen) atoms. The molecular weight excluding hydrogens is 314 g/mol. The van der Waals surface area contributed by atoms with Gasteiger partial charge < -0.3 is 10.9 Å². The van der Waals surface area contributed by atoms with Gasteiger partial charge >= 0.3 is 5.69 Å². The van der Waals surface area contributed by atoms with Gasteiger partial charge in [0.15, 0.2) is 11.0 Å². The van der Waals surface area contributed by atoms with Gasteiger partial charge in [-0.3, -0.25) is 4.57 Å². The van der Waals surface area contributed by atoms with Crippen LogP contribution in [0.1, 0.15) is 25.5 Å². The third-order valence-electron chi connectivity index (χ3n) is 2.73. The fourth-order valence-corrected chi connectivity index (χ4v) is 3.27. The number of oxime groups is 1. The number of H-pyrrole nitrogens is 1. The number of nitrogens with zero attached hydrogens (tertiary/aromatic N) is 3. The van der Waals surface area contributed by atoms with Gasteiger partial charge in [0.1, 0.15) is 0 Å². The Hall–Kier alpha value is -1.93. The second-order valence-corrected chi connectivity index (χ2v) is 5.89. The molecule has 0 radical (unpaired) electrons. The third-order valence-corrected chi connectivity index (χ3v) is 4.07. The Bertz CT molecular complexity index is 737. The van der Waals surface area contributed by atoms with Crippen LogP contribution in [0.15, 0.2) is 38.2 Å². The first kappa shape index (κ1) is 15.5. The molecule has 4 N–H and O–H groups in total. The van der Waals surface area contributed by atoms with Crippen LogP contribution in [0, 0.1) is 0 Å². The SMILES string of the molecule is CC(C)n1c(Sc2cccc(Cl)c2C(N)=NO)n[nH]c1=O. The van der Waals surface area contributed by atoms with E-state index in [0.717, 1.165) is 0 Å². The molecule has 0 bridgehead atoms. The Labute approximate surface area is 129 Å². The molecule has 2 aromatic rings. The Morgan fingerprint density at radius 1 is 1.57 bits per heavy atom. The van der Waals surface area contributed by atoms with Gasteiger partial charge in [-0.1, -0.05) is 22.8 Å². The van der Waals surface area contributed by atoms with E-state index in [-0.39, 0.29) is 17.6 Å². The van der Waals surface area contributed by atoms with E-state index >= 15 is 0 Å². The maximum atomic E-state index is 11.7. The van der Waals surface area contributed by atoms with E-state index in [4.69, 9.17) is 22.5 Å². The van der Waals surface area contributed by atoms with Crippen molar-refractivity contribution in [2.45, 2.75) is 29.9 Å². The number of hydrogen-bond acceptors (Lipinski definition) is 5. The lowest BCUT2D eigenvalue weighted by molar-refractivity contribution is 0.318. The fraction of sp³-hybridized carbons (Fsp3) is 0.250. The molecule has 0 saturated carbocycles. The molecule has 0 aliphatic carbocycles. The Kier molecular flexibility index (Phi) is 4.59. The lowest BCUT2D eigenvalue weighted by atomic mass is 10.2. The number of rotatable bonds is 4. The van der Waals surface area contributed by atoms with Crippen LogP contribution in [0.4, 0.5) is 0 Å². The van der Waals surface area contributed by atoms with Crippen molar-refractivity contribution in [2.24, 2.45) is 10.9 Å². The molecule has 112 valence electrons. The van der Waals surface area contributed by atoms with Crippen molar-refractivity contribution in [3.8, 4) is 0 Å². The topological polar surface area (TPSA) is 109 Å². The van der Waals surface area contributed by atoms with E-state index in [9.17, 15) is 4.79 Å². The van der Waals surface area contributed by atoms with Gasteiger partial charge in [0.05, 0.1) is 10.6 Å². The molecule has 0 aliphatic rings. The standard InChI is InChI=1S/C12H14ClN5O2S/c1-6(2)18-11(19)15-16-12(18)21-8-5-3-4-7(13)9(8)10(14)17-20/h3-6,20H,1-2H3,(H2,14,17)(H,15,19). The highest BCUT2D eigenvalue weighted by molar-refractivity contribution is 7.99. The van der Waals surface area contributed by atoms with Crippen molar-refractivity contribution >= 4 is 29.2 Å². The number of aromatic nitrogens is 3. The predicted octanol–water partition coefficient (Wildman–Crippen LogP) is 2.05. The lowest BCUT2D eigenvalue weighted by Crippen LogP contribution is -2.19. The molecule has 0 fully saturated rings. The van der Waals surface area contributed by atoms with Gasteiger partial charge in [-0.05, 0) is 37.7 Å². The first-order valence-corrected chi connectivity index (χ1v) is 7.26. The number of nitrogens with two attached hydrogens (primary N) is 1. The summed E-state index contributed by atoms with van der Waals surface area (Å²) in [7, 11) is 0. The summed E-state index contributed by atoms with van der Waals surface area (Å²) >= 11 is 7.31. The molecular formula is C12H14ClN5O2S. The third kappa shape index (κ3) is 3.06. The second-order valence-electron chi connectivity index (χ2n) is 4.48. The van der Waals surface area contributed by atoms with Crippen LogP contribution in [0.5, 0.6) is 0 Å². The number of benzene rings is 1. The largest absolute Gasteiger partial charge is 0.409 e. The monoisotopic (exact) mass is 327 g/mol. The molecule has 0 unspecified atom stereocenters. The van der Waals surface area contributed by atoms with E-state index in [1.165, 1.54) is 16.3 Å². The Morgan fingerprint density at radius 3 is 2.90 bits per heavy atom. The number of aromatic amines is 1. The molecule has 0 saturated heterocycles. The lowest BCUT2D eigenvalue weighted by Gasteiger charge is -2.11. The number of amidine groups is 1. The van der Waals surface area contributed by atoms with Crippen LogP contribution in [0.25, 0.3) is 0 Å². The minimum Gasteiger partial charge on any atom is -0.409 e. The van der Waals surface area contributed by atoms with Crippen molar-refractivity contribution in [2.75, 3.05) is 0 Å². The van der Waals surface area contributed by atoms with Crippen LogP contribution >= 0.6 is 23.4 Å². The highest BCUT2D eigenvalue weighted by Crippen LogP contribution is 2.33. The Morgan fingerprint density at radius 2 is 2.29 bits per heavy atom. The van der Waals surface area contributed by atoms with E-state index < -0.39 is 0 Å². The first-order chi connectivity index (χ1) is 9.95. The molecule has 1 aromatic carbocycles. The fourth-order valence-electron chi connectivity index (χ4n) is 1.80. The van der Waals surface area contributed by atoms with Crippen LogP contribution in [-0.4, -0.2) is 25.8 Å². The van der Waals surface area contributed by atoms with Crippen molar-refractivity contribution in [1.82, 2.24) is 14.8 Å². The molecule has 9 heteroatoms. The molecule has 7 nitrogen and oxygen atoms in total. The number of hydrogen-bond donors (Lipinski definition) is 3.